The van der Waals surface area contributed by atoms with Crippen LogP contribution < -0.4 is 5.32 Å². The van der Waals surface area contributed by atoms with E-state index in [4.69, 9.17) is 5.11 Å². The molecule has 1 aliphatic rings. The van der Waals surface area contributed by atoms with Gasteiger partial charge in [0.1, 0.15) is 5.01 Å². The van der Waals surface area contributed by atoms with Gasteiger partial charge in [0.25, 0.3) is 0 Å². The molecule has 16 heavy (non-hydrogen) atoms. The largest absolute Gasteiger partial charge is 0.392 e. The minimum Gasteiger partial charge on any atom is -0.392 e. The molecule has 0 radical (unpaired) electrons. The molecule has 0 saturated heterocycles. The van der Waals surface area contributed by atoms with E-state index in [9.17, 15) is 0 Å². The molecule has 0 fully saturated rings. The number of hydrogen-bond acceptors (Lipinski definition) is 4. The summed E-state index contributed by atoms with van der Waals surface area (Å²) in [5, 5.41) is 13.5. The zero-order valence-electron chi connectivity index (χ0n) is 9.99. The normalized spacial score (nSPS) is 21.8. The van der Waals surface area contributed by atoms with Crippen LogP contribution in [-0.2, 0) is 19.4 Å². The van der Waals surface area contributed by atoms with E-state index in [2.05, 4.69) is 17.2 Å². The Kier molecular flexibility index (Phi) is 3.95. The molecule has 2 atom stereocenters. The molecule has 2 unspecified atom stereocenters. The summed E-state index contributed by atoms with van der Waals surface area (Å²) >= 11 is 1.84. The fourth-order valence-corrected chi connectivity index (χ4v) is 3.30. The Morgan fingerprint density at radius 2 is 2.44 bits per heavy atom. The lowest BCUT2D eigenvalue weighted by atomic mass is 9.93. The predicted octanol–water partition coefficient (Wildman–Crippen LogP) is 1.74. The second-order valence-corrected chi connectivity index (χ2v) is 5.97. The summed E-state index contributed by atoms with van der Waals surface area (Å²) in [6.07, 6.45) is 3.33. The zero-order valence-corrected chi connectivity index (χ0v) is 10.8. The fraction of sp³-hybridized carbons (Fsp3) is 0.750. The van der Waals surface area contributed by atoms with Crippen molar-refractivity contribution in [2.75, 3.05) is 6.54 Å². The van der Waals surface area contributed by atoms with Crippen molar-refractivity contribution in [3.63, 3.8) is 0 Å². The topological polar surface area (TPSA) is 45.1 Å². The monoisotopic (exact) mass is 240 g/mol. The van der Waals surface area contributed by atoms with Gasteiger partial charge in [0, 0.05) is 18.0 Å². The minimum absolute atomic E-state index is 0.283. The maximum atomic E-state index is 9.15. The summed E-state index contributed by atoms with van der Waals surface area (Å²) in [5.74, 6) is 0.811. The van der Waals surface area contributed by atoms with Crippen LogP contribution in [0.25, 0.3) is 0 Å². The lowest BCUT2D eigenvalue weighted by Crippen LogP contribution is -2.23. The van der Waals surface area contributed by atoms with Crippen LogP contribution in [-0.4, -0.2) is 22.7 Å². The molecule has 0 aliphatic heterocycles. The van der Waals surface area contributed by atoms with E-state index in [1.54, 1.807) is 6.92 Å². The van der Waals surface area contributed by atoms with Crippen molar-refractivity contribution < 1.29 is 5.11 Å². The Morgan fingerprint density at radius 3 is 3.19 bits per heavy atom. The predicted molar refractivity (Wildman–Crippen MR) is 66.7 cm³/mol. The lowest BCUT2D eigenvalue weighted by Gasteiger charge is -2.15. The Balaban J connectivity index is 1.91. The first-order valence-electron chi connectivity index (χ1n) is 6.01. The summed E-state index contributed by atoms with van der Waals surface area (Å²) in [4.78, 5) is 6.14. The number of aromatic nitrogens is 1. The van der Waals surface area contributed by atoms with E-state index >= 15 is 0 Å². The second-order valence-electron chi connectivity index (χ2n) is 4.81. The van der Waals surface area contributed by atoms with Crippen molar-refractivity contribution >= 4 is 11.3 Å². The van der Waals surface area contributed by atoms with Crippen molar-refractivity contribution in [1.82, 2.24) is 10.3 Å². The second kappa shape index (κ2) is 5.25. The third-order valence-electron chi connectivity index (χ3n) is 2.95. The SMILES string of the molecule is CC(O)CNCc1nc2c(s1)CC(C)CC2. The quantitative estimate of drug-likeness (QED) is 0.842. The Labute approximate surface area is 101 Å². The van der Waals surface area contributed by atoms with Crippen molar-refractivity contribution in [2.45, 2.75) is 45.8 Å². The third-order valence-corrected chi connectivity index (χ3v) is 4.07. The van der Waals surface area contributed by atoms with Crippen molar-refractivity contribution in [3.8, 4) is 0 Å². The lowest BCUT2D eigenvalue weighted by molar-refractivity contribution is 0.191. The van der Waals surface area contributed by atoms with Gasteiger partial charge in [-0.1, -0.05) is 6.92 Å². The molecule has 3 nitrogen and oxygen atoms in total. The molecule has 0 saturated carbocycles. The number of aliphatic hydroxyl groups is 1. The molecular weight excluding hydrogens is 220 g/mol. The Bertz CT molecular complexity index is 349. The molecule has 0 amide bonds. The van der Waals surface area contributed by atoms with E-state index in [1.807, 2.05) is 11.3 Å². The molecule has 0 spiro atoms. The van der Waals surface area contributed by atoms with Crippen LogP contribution in [0, 0.1) is 5.92 Å². The number of nitrogens with zero attached hydrogens (tertiary/aromatic N) is 1. The molecule has 1 aromatic heterocycles. The van der Waals surface area contributed by atoms with Crippen LogP contribution in [0.1, 0.15) is 35.8 Å². The maximum absolute atomic E-state index is 9.15. The minimum atomic E-state index is -0.283. The molecule has 1 aliphatic carbocycles. The Hall–Kier alpha value is -0.450. The summed E-state index contributed by atoms with van der Waals surface area (Å²) in [5.41, 5.74) is 1.32. The van der Waals surface area contributed by atoms with Crippen LogP contribution in [0.15, 0.2) is 0 Å². The molecule has 0 aromatic carbocycles. The summed E-state index contributed by atoms with van der Waals surface area (Å²) < 4.78 is 0. The van der Waals surface area contributed by atoms with Crippen LogP contribution in [0.2, 0.25) is 0 Å². The summed E-state index contributed by atoms with van der Waals surface area (Å²) in [6, 6.07) is 0. The van der Waals surface area contributed by atoms with Gasteiger partial charge in [0.15, 0.2) is 0 Å². The van der Waals surface area contributed by atoms with Crippen molar-refractivity contribution in [3.05, 3.63) is 15.6 Å². The Morgan fingerprint density at radius 1 is 1.62 bits per heavy atom. The van der Waals surface area contributed by atoms with Crippen molar-refractivity contribution in [2.24, 2.45) is 5.92 Å². The third kappa shape index (κ3) is 3.03. The molecule has 90 valence electrons. The van der Waals surface area contributed by atoms with Gasteiger partial charge in [0.05, 0.1) is 11.8 Å². The van der Waals surface area contributed by atoms with E-state index in [-0.39, 0.29) is 6.10 Å². The smallest absolute Gasteiger partial charge is 0.107 e. The number of fused-ring (bicyclic) bond motifs is 1. The zero-order chi connectivity index (χ0) is 11.5. The highest BCUT2D eigenvalue weighted by molar-refractivity contribution is 7.11. The van der Waals surface area contributed by atoms with E-state index < -0.39 is 0 Å². The average Bonchev–Trinajstić information content (AvgIpc) is 2.58. The van der Waals surface area contributed by atoms with Crippen LogP contribution in [0.3, 0.4) is 0 Å². The number of aryl methyl sites for hydroxylation is 1. The van der Waals surface area contributed by atoms with Crippen molar-refractivity contribution in [1.29, 1.82) is 0 Å². The highest BCUT2D eigenvalue weighted by atomic mass is 32.1. The van der Waals surface area contributed by atoms with Gasteiger partial charge < -0.3 is 10.4 Å². The van der Waals surface area contributed by atoms with Gasteiger partial charge >= 0.3 is 0 Å². The first-order valence-corrected chi connectivity index (χ1v) is 6.83. The first-order chi connectivity index (χ1) is 7.65. The van der Waals surface area contributed by atoms with Crippen LogP contribution in [0.4, 0.5) is 0 Å². The first kappa shape index (κ1) is 12.0. The van der Waals surface area contributed by atoms with Gasteiger partial charge in [-0.05, 0) is 32.1 Å². The van der Waals surface area contributed by atoms with E-state index in [0.29, 0.717) is 6.54 Å². The molecule has 1 aromatic rings. The summed E-state index contributed by atoms with van der Waals surface area (Å²) in [6.45, 7) is 5.53. The molecular formula is C12H20N2OS. The van der Waals surface area contributed by atoms with Gasteiger partial charge in [-0.25, -0.2) is 4.98 Å². The highest BCUT2D eigenvalue weighted by Gasteiger charge is 2.19. The number of aliphatic hydroxyl groups excluding tert-OH is 1. The molecule has 0 bridgehead atoms. The highest BCUT2D eigenvalue weighted by Crippen LogP contribution is 2.29. The average molecular weight is 240 g/mol. The number of thiazole rings is 1. The number of hydrogen-bond donors (Lipinski definition) is 2. The summed E-state index contributed by atoms with van der Waals surface area (Å²) in [7, 11) is 0. The maximum Gasteiger partial charge on any atom is 0.107 e. The fourth-order valence-electron chi connectivity index (χ4n) is 2.06. The van der Waals surface area contributed by atoms with E-state index in [1.165, 1.54) is 28.4 Å². The van der Waals surface area contributed by atoms with Gasteiger partial charge in [-0.2, -0.15) is 0 Å². The number of rotatable bonds is 4. The van der Waals surface area contributed by atoms with Gasteiger partial charge in [-0.15, -0.1) is 11.3 Å². The van der Waals surface area contributed by atoms with Crippen LogP contribution in [0.5, 0.6) is 0 Å². The molecule has 1 heterocycles. The van der Waals surface area contributed by atoms with Gasteiger partial charge in [-0.3, -0.25) is 0 Å². The molecule has 2 rings (SSSR count). The molecule has 2 N–H and O–H groups in total. The van der Waals surface area contributed by atoms with Gasteiger partial charge in [0.2, 0.25) is 0 Å². The number of nitrogens with one attached hydrogen (secondary N) is 1. The van der Waals surface area contributed by atoms with Crippen LogP contribution >= 0.6 is 11.3 Å². The van der Waals surface area contributed by atoms with E-state index in [0.717, 1.165) is 18.9 Å². The molecule has 4 heteroatoms. The standard InChI is InChI=1S/C12H20N2OS/c1-8-3-4-10-11(5-8)16-12(14-10)7-13-6-9(2)15/h8-9,13,15H,3-7H2,1-2H3.